The van der Waals surface area contributed by atoms with Gasteiger partial charge in [-0.3, -0.25) is 4.90 Å². The first kappa shape index (κ1) is 11.2. The summed E-state index contributed by atoms with van der Waals surface area (Å²) < 4.78 is 0. The zero-order chi connectivity index (χ0) is 11.5. The zero-order valence-corrected chi connectivity index (χ0v) is 9.96. The van der Waals surface area contributed by atoms with E-state index in [0.717, 1.165) is 13.0 Å². The van der Waals surface area contributed by atoms with Gasteiger partial charge in [0.25, 0.3) is 0 Å². The van der Waals surface area contributed by atoms with Crippen LogP contribution < -0.4 is 5.73 Å². The van der Waals surface area contributed by atoms with Crippen molar-refractivity contribution < 1.29 is 0 Å². The lowest BCUT2D eigenvalue weighted by Gasteiger charge is -2.13. The van der Waals surface area contributed by atoms with E-state index in [-0.39, 0.29) is 0 Å². The first-order chi connectivity index (χ1) is 7.72. The molecule has 0 saturated heterocycles. The summed E-state index contributed by atoms with van der Waals surface area (Å²) in [6, 6.07) is 8.45. The summed E-state index contributed by atoms with van der Waals surface area (Å²) in [6.07, 6.45) is 1.05. The molecule has 0 saturated carbocycles. The maximum atomic E-state index is 5.58. The van der Waals surface area contributed by atoms with Crippen molar-refractivity contribution in [2.24, 2.45) is 5.73 Å². The lowest BCUT2D eigenvalue weighted by atomic mass is 10.1. The van der Waals surface area contributed by atoms with Gasteiger partial charge in [-0.25, -0.2) is 0 Å². The van der Waals surface area contributed by atoms with Gasteiger partial charge in [-0.2, -0.15) is 0 Å². The Bertz CT molecular complexity index is 473. The number of nitrogens with one attached hydrogen (secondary N) is 1. The van der Waals surface area contributed by atoms with Crippen LogP contribution in [0, 0.1) is 6.92 Å². The molecule has 0 amide bonds. The summed E-state index contributed by atoms with van der Waals surface area (Å²) in [6.45, 7) is 3.75. The number of hydrogen-bond acceptors (Lipinski definition) is 2. The molecule has 1 aromatic carbocycles. The predicted molar refractivity (Wildman–Crippen MR) is 68.4 cm³/mol. The molecule has 16 heavy (non-hydrogen) atoms. The molecule has 0 radical (unpaired) electrons. The van der Waals surface area contributed by atoms with E-state index >= 15 is 0 Å². The molecule has 1 heterocycles. The van der Waals surface area contributed by atoms with Gasteiger partial charge in [0.05, 0.1) is 0 Å². The van der Waals surface area contributed by atoms with Crippen LogP contribution in [0.5, 0.6) is 0 Å². The normalized spacial score (nSPS) is 11.5. The van der Waals surface area contributed by atoms with E-state index in [4.69, 9.17) is 5.73 Å². The van der Waals surface area contributed by atoms with Gasteiger partial charge in [-0.1, -0.05) is 18.2 Å². The first-order valence-corrected chi connectivity index (χ1v) is 5.67. The molecule has 2 aromatic rings. The Labute approximate surface area is 96.2 Å². The fourth-order valence-corrected chi connectivity index (χ4v) is 2.05. The third kappa shape index (κ3) is 2.10. The Morgan fingerprint density at radius 3 is 2.81 bits per heavy atom. The minimum Gasteiger partial charge on any atom is -0.358 e. The molecule has 0 atom stereocenters. The Morgan fingerprint density at radius 1 is 1.31 bits per heavy atom. The molecule has 0 bridgehead atoms. The highest BCUT2D eigenvalue weighted by Gasteiger charge is 2.07. The maximum absolute atomic E-state index is 5.58. The molecule has 2 rings (SSSR count). The SMILES string of the molecule is Cc1[nH]c2ccccc2c1CCN(C)CN. The van der Waals surface area contributed by atoms with Gasteiger partial charge in [-0.05, 0) is 32.0 Å². The monoisotopic (exact) mass is 217 g/mol. The van der Waals surface area contributed by atoms with Crippen LogP contribution in [0.2, 0.25) is 0 Å². The molecule has 0 aliphatic heterocycles. The minimum atomic E-state index is 0.613. The third-order valence-electron chi connectivity index (χ3n) is 3.08. The van der Waals surface area contributed by atoms with Crippen LogP contribution in [0.15, 0.2) is 24.3 Å². The number of likely N-dealkylation sites (N-methyl/N-ethyl adjacent to an activating group) is 1. The van der Waals surface area contributed by atoms with Crippen LogP contribution in [-0.2, 0) is 6.42 Å². The highest BCUT2D eigenvalue weighted by molar-refractivity contribution is 5.84. The molecular formula is C13H19N3. The molecule has 0 aliphatic carbocycles. The first-order valence-electron chi connectivity index (χ1n) is 5.67. The zero-order valence-electron chi connectivity index (χ0n) is 9.96. The standard InChI is InChI=1S/C13H19N3/c1-10-11(7-8-16(2)9-14)12-5-3-4-6-13(12)15-10/h3-6,15H,7-9,14H2,1-2H3. The molecule has 0 aliphatic rings. The Hall–Kier alpha value is -1.32. The number of nitrogens with zero attached hydrogens (tertiary/aromatic N) is 1. The molecule has 1 aromatic heterocycles. The second-order valence-corrected chi connectivity index (χ2v) is 4.29. The lowest BCUT2D eigenvalue weighted by Crippen LogP contribution is -2.27. The number of rotatable bonds is 4. The van der Waals surface area contributed by atoms with Gasteiger partial charge in [0.2, 0.25) is 0 Å². The smallest absolute Gasteiger partial charge is 0.0458 e. The van der Waals surface area contributed by atoms with Crippen molar-refractivity contribution >= 4 is 10.9 Å². The Kier molecular flexibility index (Phi) is 3.27. The molecule has 0 unspecified atom stereocenters. The van der Waals surface area contributed by atoms with Crippen LogP contribution in [-0.4, -0.2) is 30.1 Å². The van der Waals surface area contributed by atoms with E-state index in [2.05, 4.69) is 41.1 Å². The number of aryl methyl sites for hydroxylation is 1. The van der Waals surface area contributed by atoms with Crippen LogP contribution in [0.3, 0.4) is 0 Å². The number of nitrogens with two attached hydrogens (primary N) is 1. The largest absolute Gasteiger partial charge is 0.358 e. The van der Waals surface area contributed by atoms with Gasteiger partial charge in [0.1, 0.15) is 0 Å². The van der Waals surface area contributed by atoms with Crippen LogP contribution >= 0.6 is 0 Å². The average Bonchev–Trinajstić information content (AvgIpc) is 2.62. The van der Waals surface area contributed by atoms with E-state index in [1.54, 1.807) is 0 Å². The Morgan fingerprint density at radius 2 is 2.06 bits per heavy atom. The van der Waals surface area contributed by atoms with E-state index in [1.165, 1.54) is 22.2 Å². The van der Waals surface area contributed by atoms with Gasteiger partial charge in [0, 0.05) is 29.8 Å². The number of benzene rings is 1. The van der Waals surface area contributed by atoms with Gasteiger partial charge in [0.15, 0.2) is 0 Å². The van der Waals surface area contributed by atoms with Crippen LogP contribution in [0.25, 0.3) is 10.9 Å². The molecule has 3 nitrogen and oxygen atoms in total. The van der Waals surface area contributed by atoms with E-state index in [9.17, 15) is 0 Å². The molecule has 3 heteroatoms. The predicted octanol–water partition coefficient (Wildman–Crippen LogP) is 1.87. The summed E-state index contributed by atoms with van der Waals surface area (Å²) in [7, 11) is 2.05. The maximum Gasteiger partial charge on any atom is 0.0458 e. The van der Waals surface area contributed by atoms with Crippen molar-refractivity contribution in [3.05, 3.63) is 35.5 Å². The van der Waals surface area contributed by atoms with Crippen molar-refractivity contribution in [3.8, 4) is 0 Å². The van der Waals surface area contributed by atoms with Gasteiger partial charge in [-0.15, -0.1) is 0 Å². The van der Waals surface area contributed by atoms with Gasteiger partial charge >= 0.3 is 0 Å². The Balaban J connectivity index is 2.26. The highest BCUT2D eigenvalue weighted by atomic mass is 15.1. The summed E-state index contributed by atoms with van der Waals surface area (Å²) in [5.74, 6) is 0. The minimum absolute atomic E-state index is 0.613. The number of hydrogen-bond donors (Lipinski definition) is 2. The highest BCUT2D eigenvalue weighted by Crippen LogP contribution is 2.22. The number of para-hydroxylation sites is 1. The van der Waals surface area contributed by atoms with E-state index in [1.807, 2.05) is 7.05 Å². The second kappa shape index (κ2) is 4.68. The average molecular weight is 217 g/mol. The number of aromatic amines is 1. The van der Waals surface area contributed by atoms with Crippen LogP contribution in [0.4, 0.5) is 0 Å². The summed E-state index contributed by atoms with van der Waals surface area (Å²) in [4.78, 5) is 5.55. The van der Waals surface area contributed by atoms with Crippen LogP contribution in [0.1, 0.15) is 11.3 Å². The summed E-state index contributed by atoms with van der Waals surface area (Å²) >= 11 is 0. The molecular weight excluding hydrogens is 198 g/mol. The summed E-state index contributed by atoms with van der Waals surface area (Å²) in [5, 5.41) is 1.34. The lowest BCUT2D eigenvalue weighted by molar-refractivity contribution is 0.349. The van der Waals surface area contributed by atoms with Crippen molar-refractivity contribution in [3.63, 3.8) is 0 Å². The van der Waals surface area contributed by atoms with E-state index in [0.29, 0.717) is 6.67 Å². The quantitative estimate of drug-likeness (QED) is 0.768. The molecule has 0 fully saturated rings. The number of aromatic nitrogens is 1. The molecule has 0 spiro atoms. The van der Waals surface area contributed by atoms with Crippen molar-refractivity contribution in [1.82, 2.24) is 9.88 Å². The van der Waals surface area contributed by atoms with Crippen molar-refractivity contribution in [2.45, 2.75) is 13.3 Å². The summed E-state index contributed by atoms with van der Waals surface area (Å²) in [5.41, 5.74) is 9.49. The fraction of sp³-hybridized carbons (Fsp3) is 0.385. The second-order valence-electron chi connectivity index (χ2n) is 4.29. The topological polar surface area (TPSA) is 45.0 Å². The van der Waals surface area contributed by atoms with Gasteiger partial charge < -0.3 is 10.7 Å². The third-order valence-corrected chi connectivity index (χ3v) is 3.08. The number of fused-ring (bicyclic) bond motifs is 1. The van der Waals surface area contributed by atoms with Crippen molar-refractivity contribution in [2.75, 3.05) is 20.3 Å². The fourth-order valence-electron chi connectivity index (χ4n) is 2.05. The number of H-pyrrole nitrogens is 1. The molecule has 3 N–H and O–H groups in total. The molecule has 86 valence electrons. The van der Waals surface area contributed by atoms with Crippen molar-refractivity contribution in [1.29, 1.82) is 0 Å². The van der Waals surface area contributed by atoms with E-state index < -0.39 is 0 Å².